The molecule has 2 N–H and O–H groups in total. The Labute approximate surface area is 188 Å². The van der Waals surface area contributed by atoms with E-state index in [1.165, 1.54) is 12.1 Å². The summed E-state index contributed by atoms with van der Waals surface area (Å²) in [5, 5.41) is 10.2. The quantitative estimate of drug-likeness (QED) is 0.285. The van der Waals surface area contributed by atoms with Crippen molar-refractivity contribution in [2.75, 3.05) is 20.6 Å². The van der Waals surface area contributed by atoms with Crippen LogP contribution in [-0.2, 0) is 19.1 Å². The number of hydrogen-bond donors (Lipinski definition) is 2. The van der Waals surface area contributed by atoms with Gasteiger partial charge >= 0.3 is 6.18 Å². The number of H-pyrrole nitrogens is 1. The van der Waals surface area contributed by atoms with Gasteiger partial charge in [-0.2, -0.15) is 18.3 Å². The summed E-state index contributed by atoms with van der Waals surface area (Å²) >= 11 is 0. The Kier molecular flexibility index (Phi) is 8.26. The largest absolute Gasteiger partial charge is 0.461 e. The lowest BCUT2D eigenvalue weighted by atomic mass is 10.1. The minimum absolute atomic E-state index is 0. The Morgan fingerprint density at radius 3 is 2.57 bits per heavy atom. The number of alkyl halides is 3. The van der Waals surface area contributed by atoms with Crippen molar-refractivity contribution < 1.29 is 17.6 Å². The van der Waals surface area contributed by atoms with E-state index in [2.05, 4.69) is 25.5 Å². The van der Waals surface area contributed by atoms with Crippen molar-refractivity contribution in [3.05, 3.63) is 59.6 Å². The number of nitrogens with zero attached hydrogens (tertiary/aromatic N) is 4. The van der Waals surface area contributed by atoms with Gasteiger partial charge in [0, 0.05) is 33.6 Å². The maximum atomic E-state index is 12.7. The van der Waals surface area contributed by atoms with Crippen LogP contribution in [0.1, 0.15) is 17.0 Å². The molecule has 0 spiro atoms. The third-order valence-electron chi connectivity index (χ3n) is 4.19. The molecule has 0 saturated heterocycles. The highest BCUT2D eigenvalue weighted by atomic mass is 127. The fourth-order valence-electron chi connectivity index (χ4n) is 2.75. The van der Waals surface area contributed by atoms with Gasteiger partial charge in [0.15, 0.2) is 11.7 Å². The Hall–Kier alpha value is -2.57. The first-order valence-corrected chi connectivity index (χ1v) is 8.90. The summed E-state index contributed by atoms with van der Waals surface area (Å²) in [5.41, 5.74) is 0.0918. The first-order chi connectivity index (χ1) is 13.9. The smallest absolute Gasteiger partial charge is 0.416 e. The first kappa shape index (κ1) is 23.7. The summed E-state index contributed by atoms with van der Waals surface area (Å²) in [6, 6.07) is 8.65. The number of aliphatic imine (C=N–C) groups is 1. The fourth-order valence-corrected chi connectivity index (χ4v) is 2.75. The van der Waals surface area contributed by atoms with E-state index in [0.29, 0.717) is 42.9 Å². The van der Waals surface area contributed by atoms with Gasteiger partial charge in [0.05, 0.1) is 11.8 Å². The second-order valence-electron chi connectivity index (χ2n) is 6.36. The van der Waals surface area contributed by atoms with Gasteiger partial charge in [-0.05, 0) is 29.8 Å². The number of furan rings is 1. The average molecular weight is 534 g/mol. The van der Waals surface area contributed by atoms with Crippen molar-refractivity contribution in [3.63, 3.8) is 0 Å². The molecule has 0 aliphatic carbocycles. The second-order valence-corrected chi connectivity index (χ2v) is 6.36. The van der Waals surface area contributed by atoms with Crippen LogP contribution in [-0.4, -0.2) is 46.7 Å². The summed E-state index contributed by atoms with van der Waals surface area (Å²) in [6.45, 7) is 0.972. The van der Waals surface area contributed by atoms with Crippen LogP contribution < -0.4 is 5.32 Å². The van der Waals surface area contributed by atoms with Crippen LogP contribution in [0, 0.1) is 0 Å². The van der Waals surface area contributed by atoms with Gasteiger partial charge in [0.1, 0.15) is 5.82 Å². The lowest BCUT2D eigenvalue weighted by Crippen LogP contribution is -2.39. The van der Waals surface area contributed by atoms with Crippen LogP contribution in [0.4, 0.5) is 13.2 Å². The van der Waals surface area contributed by atoms with Gasteiger partial charge in [-0.15, -0.1) is 24.0 Å². The zero-order chi connectivity index (χ0) is 20.9. The molecule has 11 heteroatoms. The van der Waals surface area contributed by atoms with Crippen molar-refractivity contribution >= 4 is 29.9 Å². The number of benzene rings is 1. The van der Waals surface area contributed by atoms with E-state index in [1.807, 2.05) is 11.9 Å². The summed E-state index contributed by atoms with van der Waals surface area (Å²) < 4.78 is 43.3. The van der Waals surface area contributed by atoms with Crippen molar-refractivity contribution in [3.8, 4) is 11.6 Å². The SMILES string of the molecule is CN=C(NCCc1nc(-c2ccco2)n[nH]1)N(C)Cc1ccc(C(F)(F)F)cc1.I. The maximum Gasteiger partial charge on any atom is 0.416 e. The van der Waals surface area contributed by atoms with E-state index in [1.54, 1.807) is 25.4 Å². The Morgan fingerprint density at radius 1 is 1.23 bits per heavy atom. The number of aromatic amines is 1. The van der Waals surface area contributed by atoms with E-state index in [9.17, 15) is 13.2 Å². The minimum atomic E-state index is -4.33. The van der Waals surface area contributed by atoms with E-state index < -0.39 is 11.7 Å². The molecule has 30 heavy (non-hydrogen) atoms. The van der Waals surface area contributed by atoms with Gasteiger partial charge in [0.25, 0.3) is 0 Å². The molecule has 0 unspecified atom stereocenters. The monoisotopic (exact) mass is 534 g/mol. The Morgan fingerprint density at radius 2 is 1.97 bits per heavy atom. The van der Waals surface area contributed by atoms with E-state index in [-0.39, 0.29) is 24.0 Å². The lowest BCUT2D eigenvalue weighted by molar-refractivity contribution is -0.137. The molecule has 3 aromatic rings. The molecule has 0 atom stereocenters. The fraction of sp³-hybridized carbons (Fsp3) is 0.316. The predicted molar refractivity (Wildman–Crippen MR) is 117 cm³/mol. The molecule has 0 aliphatic rings. The van der Waals surface area contributed by atoms with E-state index in [0.717, 1.165) is 17.7 Å². The van der Waals surface area contributed by atoms with Gasteiger partial charge in [0.2, 0.25) is 5.82 Å². The Bertz CT molecular complexity index is 938. The van der Waals surface area contributed by atoms with Crippen LogP contribution >= 0.6 is 24.0 Å². The number of guanidine groups is 1. The van der Waals surface area contributed by atoms with Crippen LogP contribution in [0.15, 0.2) is 52.1 Å². The zero-order valence-corrected chi connectivity index (χ0v) is 18.7. The molecule has 0 radical (unpaired) electrons. The van der Waals surface area contributed by atoms with Crippen LogP contribution in [0.2, 0.25) is 0 Å². The number of hydrogen-bond acceptors (Lipinski definition) is 4. The second kappa shape index (κ2) is 10.5. The lowest BCUT2D eigenvalue weighted by Gasteiger charge is -2.22. The highest BCUT2D eigenvalue weighted by molar-refractivity contribution is 14.0. The molecular formula is C19H22F3IN6O. The third-order valence-corrected chi connectivity index (χ3v) is 4.19. The van der Waals surface area contributed by atoms with E-state index >= 15 is 0 Å². The van der Waals surface area contributed by atoms with Gasteiger partial charge in [-0.3, -0.25) is 10.1 Å². The molecule has 0 fully saturated rings. The third kappa shape index (κ3) is 6.21. The van der Waals surface area contributed by atoms with Crippen LogP contribution in [0.5, 0.6) is 0 Å². The highest BCUT2D eigenvalue weighted by Gasteiger charge is 2.29. The molecule has 0 amide bonds. The van der Waals surface area contributed by atoms with Gasteiger partial charge < -0.3 is 14.6 Å². The van der Waals surface area contributed by atoms with Gasteiger partial charge in [-0.1, -0.05) is 12.1 Å². The van der Waals surface area contributed by atoms with Crippen LogP contribution in [0.3, 0.4) is 0 Å². The van der Waals surface area contributed by atoms with Crippen molar-refractivity contribution in [2.45, 2.75) is 19.1 Å². The van der Waals surface area contributed by atoms with Crippen molar-refractivity contribution in [1.29, 1.82) is 0 Å². The minimum Gasteiger partial charge on any atom is -0.461 e. The molecule has 3 rings (SSSR count). The predicted octanol–water partition coefficient (Wildman–Crippen LogP) is 3.95. The average Bonchev–Trinajstić information content (AvgIpc) is 3.36. The molecule has 0 saturated carbocycles. The molecule has 162 valence electrons. The molecule has 2 aromatic heterocycles. The highest BCUT2D eigenvalue weighted by Crippen LogP contribution is 2.29. The Balaban J connectivity index is 0.00000320. The topological polar surface area (TPSA) is 82.3 Å². The maximum absolute atomic E-state index is 12.7. The number of nitrogens with one attached hydrogen (secondary N) is 2. The number of aromatic nitrogens is 3. The summed E-state index contributed by atoms with van der Waals surface area (Å²) in [4.78, 5) is 10.4. The zero-order valence-electron chi connectivity index (χ0n) is 16.4. The molecule has 0 aliphatic heterocycles. The van der Waals surface area contributed by atoms with E-state index in [4.69, 9.17) is 4.42 Å². The van der Waals surface area contributed by atoms with Crippen LogP contribution in [0.25, 0.3) is 11.6 Å². The molecule has 7 nitrogen and oxygen atoms in total. The molecule has 0 bridgehead atoms. The summed E-state index contributed by atoms with van der Waals surface area (Å²) in [6.07, 6.45) is -2.19. The molecule has 1 aromatic carbocycles. The summed E-state index contributed by atoms with van der Waals surface area (Å²) in [5.74, 6) is 2.40. The molecule has 2 heterocycles. The number of halogens is 4. The summed E-state index contributed by atoms with van der Waals surface area (Å²) in [7, 11) is 3.46. The van der Waals surface area contributed by atoms with Crippen molar-refractivity contribution in [2.24, 2.45) is 4.99 Å². The molecular weight excluding hydrogens is 512 g/mol. The standard InChI is InChI=1S/C19H21F3N6O.HI/c1-23-18(28(2)12-13-5-7-14(8-6-13)19(20,21)22)24-10-9-16-25-17(27-26-16)15-4-3-11-29-15;/h3-8,11H,9-10,12H2,1-2H3,(H,23,24)(H,25,26,27);1H. The number of rotatable bonds is 6. The van der Waals surface area contributed by atoms with Gasteiger partial charge in [-0.25, -0.2) is 4.98 Å². The van der Waals surface area contributed by atoms with Crippen molar-refractivity contribution in [1.82, 2.24) is 25.4 Å². The first-order valence-electron chi connectivity index (χ1n) is 8.90. The normalized spacial score (nSPS) is 11.8.